The van der Waals surface area contributed by atoms with Crippen molar-refractivity contribution in [3.63, 3.8) is 0 Å². The van der Waals surface area contributed by atoms with Crippen LogP contribution in [0.25, 0.3) is 0 Å². The van der Waals surface area contributed by atoms with Crippen molar-refractivity contribution in [1.82, 2.24) is 9.97 Å². The van der Waals surface area contributed by atoms with Crippen LogP contribution in [0.4, 0.5) is 5.82 Å². The molecule has 0 bridgehead atoms. The highest BCUT2D eigenvalue weighted by molar-refractivity contribution is 5.47. The predicted molar refractivity (Wildman–Crippen MR) is 112 cm³/mol. The number of hydrogen-bond acceptors (Lipinski definition) is 6. The molecule has 155 valence electrons. The zero-order valence-electron chi connectivity index (χ0n) is 17.3. The molecule has 2 aliphatic rings. The van der Waals surface area contributed by atoms with E-state index < -0.39 is 6.10 Å². The molecule has 1 fully saturated rings. The summed E-state index contributed by atoms with van der Waals surface area (Å²) in [4.78, 5) is 8.64. The van der Waals surface area contributed by atoms with E-state index in [-0.39, 0.29) is 29.6 Å². The Kier molecular flexibility index (Phi) is 5.49. The molecule has 5 atom stereocenters. The van der Waals surface area contributed by atoms with E-state index >= 15 is 0 Å². The monoisotopic (exact) mass is 396 g/mol. The maximum absolute atomic E-state index is 9.91. The minimum atomic E-state index is -0.413. The Hall–Kier alpha value is -2.18. The predicted octanol–water partition coefficient (Wildman–Crippen LogP) is 3.68. The second-order valence-electron chi connectivity index (χ2n) is 8.85. The minimum Gasteiger partial charge on any atom is -0.474 e. The van der Waals surface area contributed by atoms with E-state index in [1.807, 2.05) is 6.07 Å². The van der Waals surface area contributed by atoms with Crippen molar-refractivity contribution in [2.24, 2.45) is 5.92 Å². The smallest absolute Gasteiger partial charge is 0.218 e. The number of ether oxygens (including phenoxy) is 2. The Balaban J connectivity index is 1.55. The largest absolute Gasteiger partial charge is 0.474 e. The van der Waals surface area contributed by atoms with Crippen LogP contribution in [0.5, 0.6) is 5.88 Å². The summed E-state index contributed by atoms with van der Waals surface area (Å²) in [6.45, 7) is 8.49. The van der Waals surface area contributed by atoms with Crippen LogP contribution in [0.15, 0.2) is 36.7 Å². The fourth-order valence-corrected chi connectivity index (χ4v) is 4.67. The highest BCUT2D eigenvalue weighted by Crippen LogP contribution is 2.43. The highest BCUT2D eigenvalue weighted by Gasteiger charge is 2.39. The van der Waals surface area contributed by atoms with Crippen molar-refractivity contribution < 1.29 is 14.6 Å². The van der Waals surface area contributed by atoms with Crippen LogP contribution < -0.4 is 10.1 Å². The van der Waals surface area contributed by atoms with Crippen molar-refractivity contribution in [2.75, 3.05) is 12.4 Å². The van der Waals surface area contributed by atoms with Gasteiger partial charge in [0.2, 0.25) is 5.88 Å². The number of rotatable bonds is 5. The molecule has 1 heterocycles. The van der Waals surface area contributed by atoms with E-state index in [0.717, 1.165) is 12.8 Å². The van der Waals surface area contributed by atoms with E-state index in [9.17, 15) is 5.11 Å². The SMILES string of the molecule is [CH2][C@H]1C[C@@H](Oc2cc(N[C@H]3c4ccccc4C(C)(C)C[C@H]3OC)ncn2)C[C@@H]1O. The summed E-state index contributed by atoms with van der Waals surface area (Å²) in [5.41, 5.74) is 2.61. The van der Waals surface area contributed by atoms with Gasteiger partial charge >= 0.3 is 0 Å². The van der Waals surface area contributed by atoms with Crippen molar-refractivity contribution in [3.05, 3.63) is 54.7 Å². The van der Waals surface area contributed by atoms with Gasteiger partial charge in [-0.1, -0.05) is 38.1 Å². The zero-order valence-corrected chi connectivity index (χ0v) is 17.3. The average Bonchev–Trinajstić information content (AvgIpc) is 3.01. The Morgan fingerprint density at radius 2 is 2.00 bits per heavy atom. The van der Waals surface area contributed by atoms with Gasteiger partial charge in [-0.25, -0.2) is 9.97 Å². The average molecular weight is 397 g/mol. The first-order chi connectivity index (χ1) is 13.9. The number of hydrogen-bond donors (Lipinski definition) is 2. The number of anilines is 1. The Labute approximate surface area is 172 Å². The molecule has 29 heavy (non-hydrogen) atoms. The molecule has 1 aromatic heterocycles. The van der Waals surface area contributed by atoms with E-state index in [1.54, 1.807) is 7.11 Å². The Morgan fingerprint density at radius 1 is 1.21 bits per heavy atom. The third-order valence-corrected chi connectivity index (χ3v) is 6.26. The molecule has 6 nitrogen and oxygen atoms in total. The fourth-order valence-electron chi connectivity index (χ4n) is 4.67. The van der Waals surface area contributed by atoms with Crippen LogP contribution in [0.2, 0.25) is 0 Å². The van der Waals surface area contributed by atoms with Gasteiger partial charge in [0.1, 0.15) is 18.2 Å². The molecule has 1 aromatic carbocycles. The number of fused-ring (bicyclic) bond motifs is 1. The molecule has 0 unspecified atom stereocenters. The Morgan fingerprint density at radius 3 is 2.72 bits per heavy atom. The third-order valence-electron chi connectivity index (χ3n) is 6.26. The van der Waals surface area contributed by atoms with Gasteiger partial charge in [0.05, 0.1) is 18.2 Å². The lowest BCUT2D eigenvalue weighted by Gasteiger charge is -2.42. The number of nitrogens with zero attached hydrogens (tertiary/aromatic N) is 2. The molecule has 0 saturated heterocycles. The number of benzene rings is 1. The lowest BCUT2D eigenvalue weighted by atomic mass is 9.69. The molecular formula is C23H30N3O3. The maximum Gasteiger partial charge on any atom is 0.218 e. The van der Waals surface area contributed by atoms with Crippen LogP contribution in [0.1, 0.15) is 50.3 Å². The van der Waals surface area contributed by atoms with Crippen LogP contribution in [0.3, 0.4) is 0 Å². The summed E-state index contributed by atoms with van der Waals surface area (Å²) in [5.74, 6) is 1.21. The van der Waals surface area contributed by atoms with E-state index in [0.29, 0.717) is 18.1 Å². The molecule has 4 rings (SSSR count). The minimum absolute atomic E-state index is 0.00369. The molecule has 0 spiro atoms. The van der Waals surface area contributed by atoms with Crippen LogP contribution >= 0.6 is 0 Å². The van der Waals surface area contributed by atoms with Crippen molar-refractivity contribution in [2.45, 2.75) is 62.9 Å². The van der Waals surface area contributed by atoms with Crippen LogP contribution in [-0.4, -0.2) is 40.5 Å². The summed E-state index contributed by atoms with van der Waals surface area (Å²) < 4.78 is 11.8. The summed E-state index contributed by atoms with van der Waals surface area (Å²) in [7, 11) is 1.76. The second-order valence-corrected chi connectivity index (χ2v) is 8.85. The topological polar surface area (TPSA) is 76.5 Å². The molecule has 2 N–H and O–H groups in total. The second kappa shape index (κ2) is 7.92. The van der Waals surface area contributed by atoms with E-state index in [4.69, 9.17) is 9.47 Å². The lowest BCUT2D eigenvalue weighted by Crippen LogP contribution is -2.40. The normalized spacial score (nSPS) is 30.6. The van der Waals surface area contributed by atoms with Gasteiger partial charge in [0.25, 0.3) is 0 Å². The fraction of sp³-hybridized carbons (Fsp3) is 0.522. The summed E-state index contributed by atoms with van der Waals surface area (Å²) >= 11 is 0. The van der Waals surface area contributed by atoms with Crippen molar-refractivity contribution in [1.29, 1.82) is 0 Å². The molecular weight excluding hydrogens is 366 g/mol. The molecule has 1 radical (unpaired) electrons. The highest BCUT2D eigenvalue weighted by atomic mass is 16.5. The standard InChI is InChI=1S/C23H30N3O3/c1-14-9-15(10-18(14)27)29-21-11-20(24-13-25-21)26-22-16-7-5-6-8-17(16)23(2,3)12-19(22)28-4/h5-8,11,13-15,18-19,22,27H,1,9-10,12H2,2-4H3,(H,24,25,26)/t14-,15+,18-,19+,22-/m0/s1. The van der Waals surface area contributed by atoms with Crippen molar-refractivity contribution in [3.8, 4) is 5.88 Å². The quantitative estimate of drug-likeness (QED) is 0.803. The number of aliphatic hydroxyl groups is 1. The lowest BCUT2D eigenvalue weighted by molar-refractivity contribution is 0.0532. The van der Waals surface area contributed by atoms with Crippen LogP contribution in [0, 0.1) is 12.8 Å². The van der Waals surface area contributed by atoms with Gasteiger partial charge in [-0.3, -0.25) is 0 Å². The van der Waals surface area contributed by atoms with Gasteiger partial charge < -0.3 is 19.9 Å². The third kappa shape index (κ3) is 4.09. The number of nitrogens with one attached hydrogen (secondary N) is 1. The van der Waals surface area contributed by atoms with Gasteiger partial charge in [-0.2, -0.15) is 0 Å². The molecule has 6 heteroatoms. The molecule has 2 aliphatic carbocycles. The zero-order chi connectivity index (χ0) is 20.6. The van der Waals surface area contributed by atoms with E-state index in [1.165, 1.54) is 17.5 Å². The maximum atomic E-state index is 9.91. The molecule has 1 saturated carbocycles. The molecule has 0 aliphatic heterocycles. The van der Waals surface area contributed by atoms with E-state index in [2.05, 4.69) is 60.3 Å². The first-order valence-corrected chi connectivity index (χ1v) is 10.3. The Bertz CT molecular complexity index is 847. The number of aliphatic hydroxyl groups excluding tert-OH is 1. The van der Waals surface area contributed by atoms with Crippen LogP contribution in [-0.2, 0) is 10.2 Å². The first-order valence-electron chi connectivity index (χ1n) is 10.3. The molecule has 0 amide bonds. The van der Waals surface area contributed by atoms with Gasteiger partial charge in [-0.15, -0.1) is 0 Å². The number of methoxy groups -OCH3 is 1. The number of aromatic nitrogens is 2. The van der Waals surface area contributed by atoms with Gasteiger partial charge in [0, 0.05) is 19.6 Å². The summed E-state index contributed by atoms with van der Waals surface area (Å²) in [5, 5.41) is 13.4. The van der Waals surface area contributed by atoms with Crippen molar-refractivity contribution >= 4 is 5.82 Å². The summed E-state index contributed by atoms with van der Waals surface area (Å²) in [6.07, 6.45) is 3.27. The van der Waals surface area contributed by atoms with Gasteiger partial charge in [-0.05, 0) is 42.2 Å². The first kappa shape index (κ1) is 20.1. The summed E-state index contributed by atoms with van der Waals surface area (Å²) in [6, 6.07) is 10.3. The van der Waals surface area contributed by atoms with Gasteiger partial charge in [0.15, 0.2) is 0 Å². The molecule has 2 aromatic rings.